The van der Waals surface area contributed by atoms with Crippen molar-refractivity contribution in [1.82, 2.24) is 10.6 Å². The zero-order valence-electron chi connectivity index (χ0n) is 14.2. The normalized spacial score (nSPS) is 18.2. The number of hydrogen-bond acceptors (Lipinski definition) is 3. The summed E-state index contributed by atoms with van der Waals surface area (Å²) in [6.07, 6.45) is 3.85. The molecule has 0 saturated heterocycles. The Kier molecular flexibility index (Phi) is 5.03. The number of hydrogen-bond donors (Lipinski definition) is 2. The first-order valence-corrected chi connectivity index (χ1v) is 9.52. The number of rotatable bonds is 6. The monoisotopic (exact) mass is 318 g/mol. The Morgan fingerprint density at radius 3 is 2.05 bits per heavy atom. The Morgan fingerprint density at radius 1 is 1.14 bits per heavy atom. The molecular weight excluding hydrogens is 288 g/mol. The van der Waals surface area contributed by atoms with Crippen LogP contribution >= 0.6 is 0 Å². The van der Waals surface area contributed by atoms with Gasteiger partial charge in [0, 0.05) is 23.8 Å². The van der Waals surface area contributed by atoms with Gasteiger partial charge < -0.3 is 10.6 Å². The van der Waals surface area contributed by atoms with Crippen molar-refractivity contribution >= 4 is 15.9 Å². The van der Waals surface area contributed by atoms with Crippen LogP contribution in [0.3, 0.4) is 0 Å². The molecule has 0 aliphatic heterocycles. The molecule has 6 heteroatoms. The minimum absolute atomic E-state index is 0.130. The van der Waals surface area contributed by atoms with E-state index < -0.39 is 9.84 Å². The zero-order chi connectivity index (χ0) is 16.5. The number of amides is 2. The quantitative estimate of drug-likeness (QED) is 0.789. The maximum absolute atomic E-state index is 12.0. The van der Waals surface area contributed by atoms with Crippen molar-refractivity contribution in [2.45, 2.75) is 59.4 Å². The Bertz CT molecular complexity index is 486. The number of sulfone groups is 1. The molecule has 0 spiro atoms. The zero-order valence-corrected chi connectivity index (χ0v) is 15.0. The molecule has 0 aromatic heterocycles. The molecule has 21 heavy (non-hydrogen) atoms. The van der Waals surface area contributed by atoms with Gasteiger partial charge in [-0.3, -0.25) is 0 Å². The van der Waals surface area contributed by atoms with E-state index in [0.717, 1.165) is 19.3 Å². The van der Waals surface area contributed by atoms with Crippen molar-refractivity contribution in [3.8, 4) is 0 Å². The number of urea groups is 1. The number of carbonyl (C=O) groups excluding carboxylic acids is 1. The summed E-state index contributed by atoms with van der Waals surface area (Å²) >= 11 is 0. The molecular formula is C15H30N2O3S. The second kappa shape index (κ2) is 5.78. The van der Waals surface area contributed by atoms with E-state index in [1.54, 1.807) is 0 Å². The first-order valence-electron chi connectivity index (χ1n) is 7.46. The smallest absolute Gasteiger partial charge is 0.315 e. The average Bonchev–Trinajstić information content (AvgIpc) is 2.87. The third-order valence-corrected chi connectivity index (χ3v) is 4.71. The first kappa shape index (κ1) is 18.3. The molecule has 0 unspecified atom stereocenters. The van der Waals surface area contributed by atoms with Gasteiger partial charge in [-0.25, -0.2) is 13.2 Å². The summed E-state index contributed by atoms with van der Waals surface area (Å²) in [6, 6.07) is -0.218. The van der Waals surface area contributed by atoms with Gasteiger partial charge in [0.15, 0.2) is 0 Å². The molecule has 1 aliphatic rings. The molecule has 0 radical (unpaired) electrons. The predicted octanol–water partition coefficient (Wildman–Crippen LogP) is 2.33. The van der Waals surface area contributed by atoms with Crippen molar-refractivity contribution in [3.63, 3.8) is 0 Å². The molecule has 0 aromatic carbocycles. The summed E-state index contributed by atoms with van der Waals surface area (Å²) in [7, 11) is -3.00. The predicted molar refractivity (Wildman–Crippen MR) is 86.1 cm³/mol. The highest BCUT2D eigenvalue weighted by molar-refractivity contribution is 7.90. The molecule has 0 bridgehead atoms. The summed E-state index contributed by atoms with van der Waals surface area (Å²) in [5, 5.41) is 5.81. The molecule has 0 atom stereocenters. The van der Waals surface area contributed by atoms with E-state index in [1.807, 2.05) is 13.8 Å². The van der Waals surface area contributed by atoms with E-state index in [9.17, 15) is 13.2 Å². The highest BCUT2D eigenvalue weighted by Crippen LogP contribution is 2.46. The van der Waals surface area contributed by atoms with Crippen LogP contribution in [0.2, 0.25) is 0 Å². The van der Waals surface area contributed by atoms with E-state index in [2.05, 4.69) is 31.4 Å². The fourth-order valence-corrected chi connectivity index (χ4v) is 4.60. The van der Waals surface area contributed by atoms with E-state index >= 15 is 0 Å². The Hall–Kier alpha value is -0.780. The molecule has 2 amide bonds. The largest absolute Gasteiger partial charge is 0.338 e. The van der Waals surface area contributed by atoms with Crippen LogP contribution in [0.4, 0.5) is 4.79 Å². The van der Waals surface area contributed by atoms with E-state index in [4.69, 9.17) is 0 Å². The van der Waals surface area contributed by atoms with Crippen molar-refractivity contribution in [2.75, 3.05) is 18.6 Å². The van der Waals surface area contributed by atoms with Gasteiger partial charge in [0.25, 0.3) is 0 Å². The molecule has 0 heterocycles. The second-order valence-electron chi connectivity index (χ2n) is 8.50. The van der Waals surface area contributed by atoms with Gasteiger partial charge in [-0.1, -0.05) is 20.8 Å². The standard InChI is InChI=1S/C15H30N2O3S/c1-13(2,3)9-14(4,5)17-12(18)16-10-15(7-8-15)11-21(6,19)20/h7-11H2,1-6H3,(H2,16,17,18). The van der Waals surface area contributed by atoms with E-state index in [1.165, 1.54) is 6.26 Å². The summed E-state index contributed by atoms with van der Waals surface area (Å²) < 4.78 is 22.8. The van der Waals surface area contributed by atoms with Crippen molar-refractivity contribution < 1.29 is 13.2 Å². The van der Waals surface area contributed by atoms with Gasteiger partial charge in [0.1, 0.15) is 9.84 Å². The Balaban J connectivity index is 2.45. The van der Waals surface area contributed by atoms with Crippen molar-refractivity contribution in [1.29, 1.82) is 0 Å². The molecule has 124 valence electrons. The van der Waals surface area contributed by atoms with Crippen molar-refractivity contribution in [2.24, 2.45) is 10.8 Å². The summed E-state index contributed by atoms with van der Waals surface area (Å²) in [6.45, 7) is 10.8. The second-order valence-corrected chi connectivity index (χ2v) is 10.6. The average molecular weight is 318 g/mol. The SMILES string of the molecule is CC(C)(C)CC(C)(C)NC(=O)NCC1(CS(C)(=O)=O)CC1. The van der Waals surface area contributed by atoms with Crippen LogP contribution < -0.4 is 10.6 Å². The minimum Gasteiger partial charge on any atom is -0.338 e. The lowest BCUT2D eigenvalue weighted by atomic mass is 9.82. The molecule has 2 N–H and O–H groups in total. The lowest BCUT2D eigenvalue weighted by Crippen LogP contribution is -2.51. The Morgan fingerprint density at radius 2 is 1.67 bits per heavy atom. The van der Waals surface area contributed by atoms with Crippen LogP contribution in [0.25, 0.3) is 0 Å². The van der Waals surface area contributed by atoms with Gasteiger partial charge in [-0.05, 0) is 38.5 Å². The van der Waals surface area contributed by atoms with Gasteiger partial charge in [-0.2, -0.15) is 0 Å². The fourth-order valence-electron chi connectivity index (χ4n) is 3.09. The fraction of sp³-hybridized carbons (Fsp3) is 0.933. The summed E-state index contributed by atoms with van der Waals surface area (Å²) in [5.74, 6) is 0.158. The number of carbonyl (C=O) groups is 1. The molecule has 0 aromatic rings. The molecule has 1 fully saturated rings. The van der Waals surface area contributed by atoms with Crippen LogP contribution in [-0.2, 0) is 9.84 Å². The lowest BCUT2D eigenvalue weighted by Gasteiger charge is -2.33. The molecule has 5 nitrogen and oxygen atoms in total. The van der Waals surface area contributed by atoms with Gasteiger partial charge in [0.2, 0.25) is 0 Å². The Labute approximate surface area is 129 Å². The van der Waals surface area contributed by atoms with E-state index in [-0.39, 0.29) is 28.2 Å². The molecule has 1 saturated carbocycles. The number of nitrogens with one attached hydrogen (secondary N) is 2. The topological polar surface area (TPSA) is 75.3 Å². The summed E-state index contributed by atoms with van der Waals surface area (Å²) in [5.41, 5.74) is -0.403. The van der Waals surface area contributed by atoms with Crippen LogP contribution in [0.5, 0.6) is 0 Å². The van der Waals surface area contributed by atoms with Gasteiger partial charge in [-0.15, -0.1) is 0 Å². The third kappa shape index (κ3) is 7.69. The van der Waals surface area contributed by atoms with Crippen LogP contribution in [0.1, 0.15) is 53.9 Å². The van der Waals surface area contributed by atoms with E-state index in [0.29, 0.717) is 6.54 Å². The molecule has 1 rings (SSSR count). The van der Waals surface area contributed by atoms with Crippen molar-refractivity contribution in [3.05, 3.63) is 0 Å². The van der Waals surface area contributed by atoms with Crippen LogP contribution in [0.15, 0.2) is 0 Å². The van der Waals surface area contributed by atoms with Crippen LogP contribution in [-0.4, -0.2) is 38.5 Å². The van der Waals surface area contributed by atoms with Crippen LogP contribution in [0, 0.1) is 10.8 Å². The minimum atomic E-state index is -3.00. The maximum Gasteiger partial charge on any atom is 0.315 e. The molecule has 1 aliphatic carbocycles. The van der Waals surface area contributed by atoms with Gasteiger partial charge in [0.05, 0.1) is 5.75 Å². The first-order chi connectivity index (χ1) is 9.22. The third-order valence-electron chi connectivity index (χ3n) is 3.57. The summed E-state index contributed by atoms with van der Waals surface area (Å²) in [4.78, 5) is 12.0. The highest BCUT2D eigenvalue weighted by Gasteiger charge is 2.45. The van der Waals surface area contributed by atoms with Gasteiger partial charge >= 0.3 is 6.03 Å². The maximum atomic E-state index is 12.0. The highest BCUT2D eigenvalue weighted by atomic mass is 32.2. The lowest BCUT2D eigenvalue weighted by molar-refractivity contribution is 0.209.